The van der Waals surface area contributed by atoms with E-state index in [0.29, 0.717) is 16.5 Å². The fourth-order valence-corrected chi connectivity index (χ4v) is 2.95. The maximum atomic E-state index is 12.4. The maximum absolute atomic E-state index is 12.4. The van der Waals surface area contributed by atoms with Crippen molar-refractivity contribution < 1.29 is 4.79 Å². The molecule has 0 saturated heterocycles. The highest BCUT2D eigenvalue weighted by Gasteiger charge is 2.14. The van der Waals surface area contributed by atoms with Gasteiger partial charge in [-0.05, 0) is 49.2 Å². The summed E-state index contributed by atoms with van der Waals surface area (Å²) in [4.78, 5) is 21.7. The lowest BCUT2D eigenvalue weighted by Gasteiger charge is -2.08. The molecule has 7 heteroatoms. The van der Waals surface area contributed by atoms with Crippen LogP contribution in [0.25, 0.3) is 0 Å². The van der Waals surface area contributed by atoms with Crippen LogP contribution in [0.3, 0.4) is 0 Å². The summed E-state index contributed by atoms with van der Waals surface area (Å²) in [6, 6.07) is 9.66. The summed E-state index contributed by atoms with van der Waals surface area (Å²) in [5.74, 6) is 0.0298. The first kappa shape index (κ1) is 15.2. The summed E-state index contributed by atoms with van der Waals surface area (Å²) in [6.45, 7) is 4.14. The largest absolute Gasteiger partial charge is 0.291 e. The molecule has 0 spiro atoms. The van der Waals surface area contributed by atoms with Crippen LogP contribution in [0.4, 0.5) is 5.95 Å². The van der Waals surface area contributed by atoms with Gasteiger partial charge < -0.3 is 0 Å². The van der Waals surface area contributed by atoms with E-state index in [1.807, 2.05) is 6.07 Å². The van der Waals surface area contributed by atoms with Gasteiger partial charge in [-0.1, -0.05) is 17.8 Å². The van der Waals surface area contributed by atoms with E-state index in [2.05, 4.69) is 51.5 Å². The van der Waals surface area contributed by atoms with Crippen LogP contribution in [0.15, 0.2) is 52.8 Å². The van der Waals surface area contributed by atoms with Gasteiger partial charge in [0.15, 0.2) is 0 Å². The molecule has 0 aliphatic rings. The Morgan fingerprint density at radius 3 is 2.78 bits per heavy atom. The van der Waals surface area contributed by atoms with Gasteiger partial charge in [0, 0.05) is 11.1 Å². The molecular weight excluding hydrogens is 310 g/mol. The van der Waals surface area contributed by atoms with Crippen molar-refractivity contribution in [2.24, 2.45) is 0 Å². The van der Waals surface area contributed by atoms with Gasteiger partial charge in [0.1, 0.15) is 11.4 Å². The third-order valence-corrected chi connectivity index (χ3v) is 4.36. The Kier molecular flexibility index (Phi) is 4.38. The van der Waals surface area contributed by atoms with Crippen molar-refractivity contribution in [3.8, 4) is 0 Å². The predicted molar refractivity (Wildman–Crippen MR) is 88.6 cm³/mol. The molecule has 2 aromatic heterocycles. The second kappa shape index (κ2) is 6.62. The molecule has 2 heterocycles. The van der Waals surface area contributed by atoms with Gasteiger partial charge in [-0.15, -0.1) is 0 Å². The number of aryl methyl sites for hydroxylation is 2. The van der Waals surface area contributed by atoms with Gasteiger partial charge in [-0.3, -0.25) is 10.1 Å². The summed E-state index contributed by atoms with van der Waals surface area (Å²) in [7, 11) is 0. The number of nitrogens with zero attached hydrogens (tertiary/aromatic N) is 3. The Labute approximate surface area is 137 Å². The quantitative estimate of drug-likeness (QED) is 0.769. The van der Waals surface area contributed by atoms with E-state index in [9.17, 15) is 4.79 Å². The van der Waals surface area contributed by atoms with Crippen molar-refractivity contribution in [1.82, 2.24) is 20.2 Å². The number of hydrogen-bond donors (Lipinski definition) is 2. The van der Waals surface area contributed by atoms with Crippen molar-refractivity contribution in [1.29, 1.82) is 0 Å². The van der Waals surface area contributed by atoms with Gasteiger partial charge in [-0.25, -0.2) is 10.1 Å². The van der Waals surface area contributed by atoms with Crippen molar-refractivity contribution in [3.05, 3.63) is 59.5 Å². The molecule has 0 bridgehead atoms. The third-order valence-electron chi connectivity index (χ3n) is 3.36. The van der Waals surface area contributed by atoms with E-state index in [1.165, 1.54) is 29.2 Å². The van der Waals surface area contributed by atoms with Crippen molar-refractivity contribution >= 4 is 23.6 Å². The van der Waals surface area contributed by atoms with Gasteiger partial charge in [0.05, 0.1) is 5.56 Å². The van der Waals surface area contributed by atoms with Crippen molar-refractivity contribution in [2.75, 3.05) is 5.32 Å². The zero-order valence-corrected chi connectivity index (χ0v) is 13.5. The molecule has 0 saturated carbocycles. The number of carbonyl (C=O) groups excluding carboxylic acids is 1. The average molecular weight is 325 g/mol. The molecule has 2 N–H and O–H groups in total. The SMILES string of the molecule is Cc1ccc(Sc2ncccc2C(=O)Nc2ncn[nH]2)cc1C. The molecule has 1 amide bonds. The topological polar surface area (TPSA) is 83.6 Å². The highest BCUT2D eigenvalue weighted by molar-refractivity contribution is 7.99. The number of anilines is 1. The maximum Gasteiger partial charge on any atom is 0.260 e. The number of carbonyl (C=O) groups is 1. The van der Waals surface area contributed by atoms with Crippen molar-refractivity contribution in [3.63, 3.8) is 0 Å². The lowest BCUT2D eigenvalue weighted by molar-refractivity contribution is 0.102. The van der Waals surface area contributed by atoms with E-state index in [1.54, 1.807) is 18.3 Å². The number of pyridine rings is 1. The van der Waals surface area contributed by atoms with Crippen LogP contribution in [0.2, 0.25) is 0 Å². The summed E-state index contributed by atoms with van der Waals surface area (Å²) in [5, 5.41) is 9.62. The van der Waals surface area contributed by atoms with E-state index < -0.39 is 0 Å². The van der Waals surface area contributed by atoms with Crippen LogP contribution in [0, 0.1) is 13.8 Å². The highest BCUT2D eigenvalue weighted by atomic mass is 32.2. The first-order valence-electron chi connectivity index (χ1n) is 7.00. The van der Waals surface area contributed by atoms with Gasteiger partial charge in [0.2, 0.25) is 5.95 Å². The fourth-order valence-electron chi connectivity index (χ4n) is 1.97. The standard InChI is InChI=1S/C16H15N5OS/c1-10-5-6-12(8-11(10)2)23-15-13(4-3-7-17-15)14(22)20-16-18-9-19-21-16/h3-9H,1-2H3,(H2,18,19,20,21,22). The number of aromatic nitrogens is 4. The lowest BCUT2D eigenvalue weighted by atomic mass is 10.1. The molecule has 0 atom stereocenters. The minimum Gasteiger partial charge on any atom is -0.291 e. The molecule has 0 fully saturated rings. The number of H-pyrrole nitrogens is 1. The van der Waals surface area contributed by atoms with E-state index >= 15 is 0 Å². The smallest absolute Gasteiger partial charge is 0.260 e. The molecule has 6 nitrogen and oxygen atoms in total. The highest BCUT2D eigenvalue weighted by Crippen LogP contribution is 2.30. The Hall–Kier alpha value is -2.67. The third kappa shape index (κ3) is 3.57. The Balaban J connectivity index is 1.85. The second-order valence-electron chi connectivity index (χ2n) is 4.99. The number of hydrogen-bond acceptors (Lipinski definition) is 5. The Bertz CT molecular complexity index is 832. The molecule has 3 rings (SSSR count). The summed E-state index contributed by atoms with van der Waals surface area (Å²) in [6.07, 6.45) is 3.01. The number of aromatic amines is 1. The van der Waals surface area contributed by atoms with Crippen LogP contribution in [0.5, 0.6) is 0 Å². The molecule has 1 aromatic carbocycles. The number of nitrogens with one attached hydrogen (secondary N) is 2. The Morgan fingerprint density at radius 2 is 2.04 bits per heavy atom. The van der Waals surface area contributed by atoms with E-state index in [4.69, 9.17) is 0 Å². The lowest BCUT2D eigenvalue weighted by Crippen LogP contribution is -2.14. The zero-order chi connectivity index (χ0) is 16.2. The molecule has 116 valence electrons. The average Bonchev–Trinajstić information content (AvgIpc) is 3.04. The molecular formula is C16H15N5OS. The first-order chi connectivity index (χ1) is 11.1. The van der Waals surface area contributed by atoms with Gasteiger partial charge in [-0.2, -0.15) is 10.1 Å². The van der Waals surface area contributed by atoms with Gasteiger partial charge in [0.25, 0.3) is 5.91 Å². The first-order valence-corrected chi connectivity index (χ1v) is 7.82. The number of benzene rings is 1. The number of rotatable bonds is 4. The second-order valence-corrected chi connectivity index (χ2v) is 6.05. The monoisotopic (exact) mass is 325 g/mol. The summed E-state index contributed by atoms with van der Waals surface area (Å²) >= 11 is 1.46. The minimum absolute atomic E-state index is 0.277. The Morgan fingerprint density at radius 1 is 1.17 bits per heavy atom. The van der Waals surface area contributed by atoms with E-state index in [0.717, 1.165) is 4.90 Å². The van der Waals surface area contributed by atoms with Crippen LogP contribution < -0.4 is 5.32 Å². The van der Waals surface area contributed by atoms with Crippen LogP contribution in [0.1, 0.15) is 21.5 Å². The molecule has 3 aromatic rings. The molecule has 0 radical (unpaired) electrons. The molecule has 0 unspecified atom stereocenters. The normalized spacial score (nSPS) is 10.5. The van der Waals surface area contributed by atoms with Gasteiger partial charge >= 0.3 is 0 Å². The summed E-state index contributed by atoms with van der Waals surface area (Å²) in [5.41, 5.74) is 2.93. The van der Waals surface area contributed by atoms with Crippen LogP contribution >= 0.6 is 11.8 Å². The molecule has 0 aliphatic heterocycles. The minimum atomic E-state index is -0.277. The fraction of sp³-hybridized carbons (Fsp3) is 0.125. The van der Waals surface area contributed by atoms with Crippen LogP contribution in [-0.2, 0) is 0 Å². The predicted octanol–water partition coefficient (Wildman–Crippen LogP) is 3.22. The summed E-state index contributed by atoms with van der Waals surface area (Å²) < 4.78 is 0. The van der Waals surface area contributed by atoms with E-state index in [-0.39, 0.29) is 5.91 Å². The molecule has 23 heavy (non-hydrogen) atoms. The van der Waals surface area contributed by atoms with Crippen molar-refractivity contribution in [2.45, 2.75) is 23.8 Å². The van der Waals surface area contributed by atoms with Crippen LogP contribution in [-0.4, -0.2) is 26.1 Å². The zero-order valence-electron chi connectivity index (χ0n) is 12.7. The number of amides is 1. The molecule has 0 aliphatic carbocycles.